The Labute approximate surface area is 150 Å². The molecule has 7 nitrogen and oxygen atoms in total. The maximum atomic E-state index is 12.8. The van der Waals surface area contributed by atoms with Crippen LogP contribution in [-0.4, -0.2) is 42.7 Å². The van der Waals surface area contributed by atoms with Gasteiger partial charge < -0.3 is 4.90 Å². The number of benzene rings is 1. The van der Waals surface area contributed by atoms with Gasteiger partial charge in [-0.25, -0.2) is 9.67 Å². The summed E-state index contributed by atoms with van der Waals surface area (Å²) in [5.74, 6) is -0.0316. The molecule has 1 atom stereocenters. The number of carbonyl (C=O) groups is 1. The lowest BCUT2D eigenvalue weighted by atomic mass is 10.0. The zero-order valence-electron chi connectivity index (χ0n) is 14.7. The number of fused-ring (bicyclic) bond motifs is 1. The van der Waals surface area contributed by atoms with Crippen molar-refractivity contribution in [2.75, 3.05) is 6.54 Å². The molecule has 4 rings (SSSR count). The number of piperidine rings is 1. The van der Waals surface area contributed by atoms with Gasteiger partial charge in [-0.1, -0.05) is 18.2 Å². The quantitative estimate of drug-likeness (QED) is 0.723. The molecule has 0 spiro atoms. The Balaban J connectivity index is 1.64. The minimum atomic E-state index is -0.241. The van der Waals surface area contributed by atoms with Crippen LogP contribution in [0.15, 0.2) is 47.7 Å². The van der Waals surface area contributed by atoms with Gasteiger partial charge in [0.2, 0.25) is 5.91 Å². The Morgan fingerprint density at radius 3 is 2.81 bits per heavy atom. The fourth-order valence-corrected chi connectivity index (χ4v) is 3.52. The molecule has 7 heteroatoms. The number of nitrogens with zero attached hydrogens (tertiary/aromatic N) is 5. The van der Waals surface area contributed by atoms with Gasteiger partial charge in [-0.15, -0.1) is 0 Å². The minimum Gasteiger partial charge on any atom is -0.338 e. The molecular formula is C19H21N5O2. The van der Waals surface area contributed by atoms with Crippen molar-refractivity contribution in [1.29, 1.82) is 0 Å². The Bertz CT molecular complexity index is 992. The molecule has 1 aliphatic rings. The second kappa shape index (κ2) is 6.74. The molecule has 1 saturated heterocycles. The van der Waals surface area contributed by atoms with Crippen molar-refractivity contribution in [3.63, 3.8) is 0 Å². The summed E-state index contributed by atoms with van der Waals surface area (Å²) in [6, 6.07) is 9.76. The smallest absolute Gasteiger partial charge is 0.264 e. The monoisotopic (exact) mass is 351 g/mol. The van der Waals surface area contributed by atoms with Crippen LogP contribution in [0.1, 0.15) is 26.2 Å². The van der Waals surface area contributed by atoms with Crippen LogP contribution in [-0.2, 0) is 11.3 Å². The summed E-state index contributed by atoms with van der Waals surface area (Å²) < 4.78 is 3.01. The number of hydrogen-bond donors (Lipinski definition) is 0. The third kappa shape index (κ3) is 2.89. The molecule has 0 bridgehead atoms. The average Bonchev–Trinajstić information content (AvgIpc) is 3.10. The first-order chi connectivity index (χ1) is 12.6. The molecule has 134 valence electrons. The molecule has 2 aromatic heterocycles. The molecule has 26 heavy (non-hydrogen) atoms. The standard InChI is InChI=1S/C19H21N5O2/c1-14-7-5-6-10-23(14)17(25)12-22-13-20-18-16(19(22)26)11-21-24(18)15-8-3-2-4-9-15/h2-4,8-9,11,13-14H,5-7,10,12H2,1H3/t14-/m0/s1. The normalized spacial score (nSPS) is 17.6. The Hall–Kier alpha value is -2.96. The highest BCUT2D eigenvalue weighted by Crippen LogP contribution is 2.17. The lowest BCUT2D eigenvalue weighted by molar-refractivity contribution is -0.135. The van der Waals surface area contributed by atoms with Gasteiger partial charge in [0.25, 0.3) is 5.56 Å². The Morgan fingerprint density at radius 1 is 1.23 bits per heavy atom. The number of carbonyl (C=O) groups excluding carboxylic acids is 1. The predicted octanol–water partition coefficient (Wildman–Crippen LogP) is 1.98. The number of likely N-dealkylation sites (tertiary alicyclic amines) is 1. The topological polar surface area (TPSA) is 73.0 Å². The summed E-state index contributed by atoms with van der Waals surface area (Å²) in [6.45, 7) is 2.84. The third-order valence-electron chi connectivity index (χ3n) is 4.98. The van der Waals surface area contributed by atoms with Gasteiger partial charge in [0, 0.05) is 12.6 Å². The number of amides is 1. The summed E-state index contributed by atoms with van der Waals surface area (Å²) >= 11 is 0. The average molecular weight is 351 g/mol. The van der Waals surface area contributed by atoms with Crippen LogP contribution in [0.5, 0.6) is 0 Å². The van der Waals surface area contributed by atoms with E-state index in [4.69, 9.17) is 0 Å². The lowest BCUT2D eigenvalue weighted by Gasteiger charge is -2.33. The van der Waals surface area contributed by atoms with E-state index < -0.39 is 0 Å². The van der Waals surface area contributed by atoms with Crippen LogP contribution in [0.25, 0.3) is 16.7 Å². The van der Waals surface area contributed by atoms with Crippen molar-refractivity contribution in [2.45, 2.75) is 38.8 Å². The van der Waals surface area contributed by atoms with Gasteiger partial charge in [0.15, 0.2) is 5.65 Å². The van der Waals surface area contributed by atoms with E-state index in [2.05, 4.69) is 17.0 Å². The van der Waals surface area contributed by atoms with Crippen LogP contribution in [0.4, 0.5) is 0 Å². The molecule has 1 aromatic carbocycles. The Morgan fingerprint density at radius 2 is 2.04 bits per heavy atom. The number of hydrogen-bond acceptors (Lipinski definition) is 4. The van der Waals surface area contributed by atoms with Gasteiger partial charge in [-0.2, -0.15) is 5.10 Å². The molecular weight excluding hydrogens is 330 g/mol. The predicted molar refractivity (Wildman–Crippen MR) is 98.2 cm³/mol. The maximum absolute atomic E-state index is 12.8. The molecule has 0 aliphatic carbocycles. The molecule has 3 heterocycles. The van der Waals surface area contributed by atoms with Crippen molar-refractivity contribution in [2.24, 2.45) is 0 Å². The molecule has 1 amide bonds. The van der Waals surface area contributed by atoms with Gasteiger partial charge in [0.05, 0.1) is 11.9 Å². The van der Waals surface area contributed by atoms with E-state index in [1.54, 1.807) is 4.68 Å². The largest absolute Gasteiger partial charge is 0.338 e. The molecule has 0 saturated carbocycles. The van der Waals surface area contributed by atoms with Crippen LogP contribution in [0.3, 0.4) is 0 Å². The van der Waals surface area contributed by atoms with Crippen molar-refractivity contribution < 1.29 is 4.79 Å². The van der Waals surface area contributed by atoms with E-state index in [0.29, 0.717) is 11.0 Å². The zero-order chi connectivity index (χ0) is 18.1. The van der Waals surface area contributed by atoms with Crippen molar-refractivity contribution >= 4 is 16.9 Å². The molecule has 0 radical (unpaired) electrons. The van der Waals surface area contributed by atoms with Crippen LogP contribution in [0.2, 0.25) is 0 Å². The van der Waals surface area contributed by atoms with Gasteiger partial charge in [-0.05, 0) is 38.3 Å². The fraction of sp³-hybridized carbons (Fsp3) is 0.368. The highest BCUT2D eigenvalue weighted by molar-refractivity contribution is 5.78. The highest BCUT2D eigenvalue weighted by Gasteiger charge is 2.24. The lowest BCUT2D eigenvalue weighted by Crippen LogP contribution is -2.44. The molecule has 0 N–H and O–H groups in total. The molecule has 3 aromatic rings. The summed E-state index contributed by atoms with van der Waals surface area (Å²) in [6.07, 6.45) is 6.14. The van der Waals surface area contributed by atoms with Crippen LogP contribution >= 0.6 is 0 Å². The first-order valence-corrected chi connectivity index (χ1v) is 8.93. The molecule has 1 aliphatic heterocycles. The molecule has 1 fully saturated rings. The van der Waals surface area contributed by atoms with Crippen LogP contribution < -0.4 is 5.56 Å². The second-order valence-corrected chi connectivity index (χ2v) is 6.74. The number of rotatable bonds is 3. The first kappa shape index (κ1) is 16.5. The van der Waals surface area contributed by atoms with E-state index in [1.165, 1.54) is 17.1 Å². The van der Waals surface area contributed by atoms with Gasteiger partial charge in [0.1, 0.15) is 18.3 Å². The molecule has 0 unspecified atom stereocenters. The zero-order valence-corrected chi connectivity index (χ0v) is 14.7. The highest BCUT2D eigenvalue weighted by atomic mass is 16.2. The summed E-state index contributed by atoms with van der Waals surface area (Å²) in [5, 5.41) is 4.71. The van der Waals surface area contributed by atoms with Crippen molar-refractivity contribution in [3.8, 4) is 5.69 Å². The second-order valence-electron chi connectivity index (χ2n) is 6.74. The van der Waals surface area contributed by atoms with E-state index >= 15 is 0 Å². The number of aromatic nitrogens is 4. The SMILES string of the molecule is C[C@H]1CCCCN1C(=O)Cn1cnc2c(cnn2-c2ccccc2)c1=O. The summed E-state index contributed by atoms with van der Waals surface area (Å²) in [4.78, 5) is 31.6. The first-order valence-electron chi connectivity index (χ1n) is 8.93. The van der Waals surface area contributed by atoms with Crippen molar-refractivity contribution in [3.05, 3.63) is 53.2 Å². The van der Waals surface area contributed by atoms with Gasteiger partial charge in [-0.3, -0.25) is 14.2 Å². The van der Waals surface area contributed by atoms with E-state index in [1.807, 2.05) is 35.2 Å². The minimum absolute atomic E-state index is 0.0165. The van der Waals surface area contributed by atoms with E-state index in [9.17, 15) is 9.59 Å². The number of para-hydroxylation sites is 1. The maximum Gasteiger partial charge on any atom is 0.264 e. The third-order valence-corrected chi connectivity index (χ3v) is 4.98. The summed E-state index contributed by atoms with van der Waals surface area (Å²) in [7, 11) is 0. The Kier molecular flexibility index (Phi) is 4.28. The van der Waals surface area contributed by atoms with Gasteiger partial charge >= 0.3 is 0 Å². The summed E-state index contributed by atoms with van der Waals surface area (Å²) in [5.41, 5.74) is 1.09. The fourth-order valence-electron chi connectivity index (χ4n) is 3.52. The van der Waals surface area contributed by atoms with Crippen LogP contribution in [0, 0.1) is 0 Å². The van der Waals surface area contributed by atoms with E-state index in [0.717, 1.165) is 31.5 Å². The van der Waals surface area contributed by atoms with Crippen molar-refractivity contribution in [1.82, 2.24) is 24.2 Å². The van der Waals surface area contributed by atoms with E-state index in [-0.39, 0.29) is 24.1 Å².